The van der Waals surface area contributed by atoms with Crippen LogP contribution in [0.2, 0.25) is 0 Å². The van der Waals surface area contributed by atoms with Crippen molar-refractivity contribution in [3.8, 4) is 11.1 Å². The molecule has 0 unspecified atom stereocenters. The van der Waals surface area contributed by atoms with Gasteiger partial charge < -0.3 is 5.32 Å². The van der Waals surface area contributed by atoms with E-state index in [4.69, 9.17) is 0 Å². The van der Waals surface area contributed by atoms with Gasteiger partial charge in [-0.25, -0.2) is 0 Å². The van der Waals surface area contributed by atoms with E-state index in [2.05, 4.69) is 60.5 Å². The van der Waals surface area contributed by atoms with Crippen molar-refractivity contribution < 1.29 is 0 Å². The van der Waals surface area contributed by atoms with Crippen molar-refractivity contribution in [3.63, 3.8) is 0 Å². The molecular weight excluding hydrogens is 220 g/mol. The van der Waals surface area contributed by atoms with Crippen LogP contribution in [0.15, 0.2) is 42.6 Å². The Kier molecular flexibility index (Phi) is 4.11. The van der Waals surface area contributed by atoms with Crippen molar-refractivity contribution in [2.24, 2.45) is 0 Å². The molecule has 0 spiro atoms. The second-order valence-corrected chi connectivity index (χ2v) is 4.88. The molecule has 0 saturated carbocycles. The van der Waals surface area contributed by atoms with Crippen LogP contribution in [0, 0.1) is 6.92 Å². The summed E-state index contributed by atoms with van der Waals surface area (Å²) in [4.78, 5) is 4.37. The molecule has 0 saturated heterocycles. The van der Waals surface area contributed by atoms with E-state index in [0.29, 0.717) is 6.04 Å². The van der Waals surface area contributed by atoms with Gasteiger partial charge in [0.25, 0.3) is 0 Å². The first-order chi connectivity index (χ1) is 8.66. The average molecular weight is 240 g/mol. The number of rotatable bonds is 4. The minimum Gasteiger partial charge on any atom is -0.310 e. The highest BCUT2D eigenvalue weighted by molar-refractivity contribution is 5.66. The molecule has 2 rings (SSSR count). The summed E-state index contributed by atoms with van der Waals surface area (Å²) in [6.07, 6.45) is 1.95. The summed E-state index contributed by atoms with van der Waals surface area (Å²) in [5, 5.41) is 3.46. The van der Waals surface area contributed by atoms with E-state index in [1.165, 1.54) is 16.7 Å². The van der Waals surface area contributed by atoms with Gasteiger partial charge in [0.2, 0.25) is 0 Å². The first-order valence-electron chi connectivity index (χ1n) is 6.41. The Morgan fingerprint density at radius 1 is 1.11 bits per heavy atom. The van der Waals surface area contributed by atoms with Gasteiger partial charge in [-0.15, -0.1) is 0 Å². The molecule has 1 aromatic heterocycles. The van der Waals surface area contributed by atoms with Crippen molar-refractivity contribution in [1.29, 1.82) is 0 Å². The summed E-state index contributed by atoms with van der Waals surface area (Å²) in [6.45, 7) is 7.23. The second kappa shape index (κ2) is 5.78. The maximum Gasteiger partial charge on any atom is 0.0373 e. The molecule has 2 nitrogen and oxygen atoms in total. The predicted octanol–water partition coefficient (Wildman–Crippen LogP) is 3.56. The second-order valence-electron chi connectivity index (χ2n) is 4.88. The Hall–Kier alpha value is -1.67. The number of aryl methyl sites for hydroxylation is 1. The van der Waals surface area contributed by atoms with Gasteiger partial charge in [0, 0.05) is 30.0 Å². The molecule has 18 heavy (non-hydrogen) atoms. The summed E-state index contributed by atoms with van der Waals surface area (Å²) in [7, 11) is 0. The highest BCUT2D eigenvalue weighted by atomic mass is 14.9. The number of hydrogen-bond acceptors (Lipinski definition) is 2. The van der Waals surface area contributed by atoms with Crippen molar-refractivity contribution in [2.75, 3.05) is 0 Å². The van der Waals surface area contributed by atoms with Crippen LogP contribution in [0.1, 0.15) is 25.1 Å². The van der Waals surface area contributed by atoms with E-state index in [1.807, 2.05) is 13.1 Å². The molecule has 1 N–H and O–H groups in total. The zero-order valence-electron chi connectivity index (χ0n) is 11.3. The third kappa shape index (κ3) is 3.17. The highest BCUT2D eigenvalue weighted by Crippen LogP contribution is 2.23. The molecule has 0 aliphatic carbocycles. The summed E-state index contributed by atoms with van der Waals surface area (Å²) < 4.78 is 0. The van der Waals surface area contributed by atoms with E-state index in [0.717, 1.165) is 12.2 Å². The lowest BCUT2D eigenvalue weighted by atomic mass is 10.0. The van der Waals surface area contributed by atoms with Crippen LogP contribution in [0.5, 0.6) is 0 Å². The molecule has 0 aliphatic rings. The van der Waals surface area contributed by atoms with Crippen LogP contribution in [0.3, 0.4) is 0 Å². The molecule has 0 fully saturated rings. The number of nitrogens with one attached hydrogen (secondary N) is 1. The predicted molar refractivity (Wildman–Crippen MR) is 76.4 cm³/mol. The molecule has 0 bridgehead atoms. The zero-order chi connectivity index (χ0) is 13.0. The van der Waals surface area contributed by atoms with Crippen molar-refractivity contribution in [1.82, 2.24) is 10.3 Å². The normalized spacial score (nSPS) is 10.9. The number of aromatic nitrogens is 1. The Balaban J connectivity index is 2.29. The monoisotopic (exact) mass is 240 g/mol. The molecule has 2 heteroatoms. The van der Waals surface area contributed by atoms with E-state index < -0.39 is 0 Å². The number of benzene rings is 1. The molecule has 0 aliphatic heterocycles. The lowest BCUT2D eigenvalue weighted by molar-refractivity contribution is 0.589. The van der Waals surface area contributed by atoms with Gasteiger partial charge in [0.05, 0.1) is 0 Å². The Morgan fingerprint density at radius 3 is 2.56 bits per heavy atom. The smallest absolute Gasteiger partial charge is 0.0373 e. The van der Waals surface area contributed by atoms with E-state index in [-0.39, 0.29) is 0 Å². The fourth-order valence-corrected chi connectivity index (χ4v) is 1.90. The SMILES string of the molecule is Cc1ccc(-c2ccccc2CNC(C)C)cn1. The third-order valence-corrected chi connectivity index (χ3v) is 2.94. The first-order valence-corrected chi connectivity index (χ1v) is 6.41. The van der Waals surface area contributed by atoms with Gasteiger partial charge in [-0.3, -0.25) is 4.98 Å². The molecule has 0 amide bonds. The van der Waals surface area contributed by atoms with E-state index >= 15 is 0 Å². The molecule has 2 aromatic rings. The van der Waals surface area contributed by atoms with Gasteiger partial charge in [-0.05, 0) is 24.1 Å². The summed E-state index contributed by atoms with van der Waals surface area (Å²) >= 11 is 0. The van der Waals surface area contributed by atoms with Crippen LogP contribution >= 0.6 is 0 Å². The molecule has 94 valence electrons. The van der Waals surface area contributed by atoms with Crippen LogP contribution < -0.4 is 5.32 Å². The zero-order valence-corrected chi connectivity index (χ0v) is 11.3. The summed E-state index contributed by atoms with van der Waals surface area (Å²) in [5.74, 6) is 0. The third-order valence-electron chi connectivity index (χ3n) is 2.94. The summed E-state index contributed by atoms with van der Waals surface area (Å²) in [5.41, 5.74) is 4.81. The van der Waals surface area contributed by atoms with Crippen LogP contribution in [0.4, 0.5) is 0 Å². The maximum absolute atomic E-state index is 4.37. The maximum atomic E-state index is 4.37. The Morgan fingerprint density at radius 2 is 1.89 bits per heavy atom. The molecular formula is C16H20N2. The quantitative estimate of drug-likeness (QED) is 0.884. The molecule has 0 radical (unpaired) electrons. The largest absolute Gasteiger partial charge is 0.310 e. The van der Waals surface area contributed by atoms with E-state index in [9.17, 15) is 0 Å². The number of hydrogen-bond donors (Lipinski definition) is 1. The van der Waals surface area contributed by atoms with Gasteiger partial charge in [-0.1, -0.05) is 44.2 Å². The standard InChI is InChI=1S/C16H20N2/c1-12(2)17-10-14-6-4-5-7-16(14)15-9-8-13(3)18-11-15/h4-9,11-12,17H,10H2,1-3H3. The van der Waals surface area contributed by atoms with Crippen LogP contribution in [0.25, 0.3) is 11.1 Å². The molecule has 1 heterocycles. The fourth-order valence-electron chi connectivity index (χ4n) is 1.90. The lowest BCUT2D eigenvalue weighted by Crippen LogP contribution is -2.22. The van der Waals surface area contributed by atoms with E-state index in [1.54, 1.807) is 0 Å². The highest BCUT2D eigenvalue weighted by Gasteiger charge is 2.05. The van der Waals surface area contributed by atoms with Gasteiger partial charge >= 0.3 is 0 Å². The molecule has 1 aromatic carbocycles. The number of nitrogens with zero attached hydrogens (tertiary/aromatic N) is 1. The van der Waals surface area contributed by atoms with Crippen LogP contribution in [-0.2, 0) is 6.54 Å². The average Bonchev–Trinajstić information content (AvgIpc) is 2.38. The fraction of sp³-hybridized carbons (Fsp3) is 0.312. The Bertz CT molecular complexity index is 501. The minimum absolute atomic E-state index is 0.495. The van der Waals surface area contributed by atoms with Crippen molar-refractivity contribution in [2.45, 2.75) is 33.4 Å². The summed E-state index contributed by atoms with van der Waals surface area (Å²) in [6, 6.07) is 13.2. The topological polar surface area (TPSA) is 24.9 Å². The van der Waals surface area contributed by atoms with Crippen molar-refractivity contribution in [3.05, 3.63) is 53.9 Å². The number of pyridine rings is 1. The van der Waals surface area contributed by atoms with Gasteiger partial charge in [-0.2, -0.15) is 0 Å². The first kappa shape index (κ1) is 12.8. The van der Waals surface area contributed by atoms with Gasteiger partial charge in [0.1, 0.15) is 0 Å². The minimum atomic E-state index is 0.495. The molecule has 0 atom stereocenters. The van der Waals surface area contributed by atoms with Crippen molar-refractivity contribution >= 4 is 0 Å². The van der Waals surface area contributed by atoms with Crippen LogP contribution in [-0.4, -0.2) is 11.0 Å². The lowest BCUT2D eigenvalue weighted by Gasteiger charge is -2.12. The Labute approximate surface area is 109 Å². The van der Waals surface area contributed by atoms with Gasteiger partial charge in [0.15, 0.2) is 0 Å².